The first-order chi connectivity index (χ1) is 14.6. The first-order valence-corrected chi connectivity index (χ1v) is 10.2. The number of nitrogens with zero attached hydrogens (tertiary/aromatic N) is 1. The molecule has 148 valence electrons. The zero-order valence-corrected chi connectivity index (χ0v) is 17.8. The minimum Gasteiger partial charge on any atom is -0.497 e. The van der Waals surface area contributed by atoms with Crippen molar-refractivity contribution in [3.8, 4) is 5.75 Å². The lowest BCUT2D eigenvalue weighted by Gasteiger charge is -2.26. The predicted octanol–water partition coefficient (Wildman–Crippen LogP) is 5.18. The van der Waals surface area contributed by atoms with Crippen LogP contribution in [-0.2, 0) is 9.59 Å². The van der Waals surface area contributed by atoms with Gasteiger partial charge in [-0.1, -0.05) is 70.5 Å². The topological polar surface area (TPSA) is 55.7 Å². The van der Waals surface area contributed by atoms with Crippen LogP contribution in [0.3, 0.4) is 0 Å². The molecule has 0 spiro atoms. The molecule has 1 unspecified atom stereocenters. The van der Waals surface area contributed by atoms with E-state index >= 15 is 0 Å². The summed E-state index contributed by atoms with van der Waals surface area (Å²) in [4.78, 5) is 30.2. The van der Waals surface area contributed by atoms with Gasteiger partial charge in [-0.15, -0.1) is 0 Å². The van der Waals surface area contributed by atoms with Crippen molar-refractivity contribution in [3.63, 3.8) is 0 Å². The molecule has 2 aromatic carbocycles. The Morgan fingerprint density at radius 3 is 2.50 bits per heavy atom. The average molecular weight is 460 g/mol. The van der Waals surface area contributed by atoms with Crippen LogP contribution in [0.25, 0.3) is 11.6 Å². The fourth-order valence-corrected chi connectivity index (χ4v) is 3.90. The van der Waals surface area contributed by atoms with Crippen LogP contribution in [0.2, 0.25) is 0 Å². The molecule has 0 bridgehead atoms. The highest BCUT2D eigenvalue weighted by Gasteiger charge is 2.34. The lowest BCUT2D eigenvalue weighted by Crippen LogP contribution is -2.27. The van der Waals surface area contributed by atoms with Crippen molar-refractivity contribution >= 4 is 45.0 Å². The number of halogens is 1. The average Bonchev–Trinajstić information content (AvgIpc) is 2.78. The van der Waals surface area contributed by atoms with Gasteiger partial charge in [-0.3, -0.25) is 9.59 Å². The molecule has 4 nitrogen and oxygen atoms in total. The van der Waals surface area contributed by atoms with E-state index in [4.69, 9.17) is 4.74 Å². The van der Waals surface area contributed by atoms with E-state index in [1.807, 2.05) is 72.8 Å². The van der Waals surface area contributed by atoms with Crippen LogP contribution >= 0.6 is 15.9 Å². The summed E-state index contributed by atoms with van der Waals surface area (Å²) < 4.78 is 6.04. The largest absolute Gasteiger partial charge is 0.497 e. The van der Waals surface area contributed by atoms with Gasteiger partial charge in [-0.05, 0) is 47.1 Å². The van der Waals surface area contributed by atoms with E-state index in [1.54, 1.807) is 13.2 Å². The third kappa shape index (κ3) is 4.02. The molecule has 0 fully saturated rings. The third-order valence-electron chi connectivity index (χ3n) is 4.96. The summed E-state index contributed by atoms with van der Waals surface area (Å²) in [5, 5.41) is 0. The Morgan fingerprint density at radius 2 is 1.80 bits per heavy atom. The first-order valence-electron chi connectivity index (χ1n) is 9.41. The van der Waals surface area contributed by atoms with Crippen LogP contribution in [0.5, 0.6) is 5.75 Å². The summed E-state index contributed by atoms with van der Waals surface area (Å²) in [6, 6.07) is 16.8. The number of carbonyl (C=O) groups is 2. The Balaban J connectivity index is 1.77. The quantitative estimate of drug-likeness (QED) is 0.457. The molecule has 1 aliphatic carbocycles. The number of hydrogen-bond donors (Lipinski definition) is 0. The fraction of sp³-hybridized carbons (Fsp3) is 0.0800. The van der Waals surface area contributed by atoms with E-state index < -0.39 is 5.91 Å². The van der Waals surface area contributed by atoms with Crippen LogP contribution in [0.1, 0.15) is 11.1 Å². The van der Waals surface area contributed by atoms with Crippen LogP contribution in [-0.4, -0.2) is 24.5 Å². The van der Waals surface area contributed by atoms with Gasteiger partial charge in [0, 0.05) is 10.4 Å². The molecule has 0 radical (unpaired) electrons. The second-order valence-corrected chi connectivity index (χ2v) is 7.75. The molecular weight excluding hydrogens is 442 g/mol. The van der Waals surface area contributed by atoms with E-state index in [9.17, 15) is 9.59 Å². The molecule has 30 heavy (non-hydrogen) atoms. The highest BCUT2D eigenvalue weighted by atomic mass is 79.9. The molecule has 0 saturated carbocycles. The predicted molar refractivity (Wildman–Crippen MR) is 122 cm³/mol. The number of hydrogen-bond acceptors (Lipinski definition) is 3. The maximum absolute atomic E-state index is 13.1. The molecule has 4 rings (SSSR count). The molecule has 0 N–H and O–H groups in total. The molecule has 5 heteroatoms. The van der Waals surface area contributed by atoms with Crippen molar-refractivity contribution in [2.24, 2.45) is 10.9 Å². The molecule has 2 aliphatic rings. The number of aliphatic imine (C=N–C) groups is 1. The highest BCUT2D eigenvalue weighted by molar-refractivity contribution is 9.11. The second-order valence-electron chi connectivity index (χ2n) is 6.83. The van der Waals surface area contributed by atoms with Crippen LogP contribution in [0.15, 0.2) is 93.9 Å². The van der Waals surface area contributed by atoms with Gasteiger partial charge in [-0.25, -0.2) is 4.99 Å². The Kier molecular flexibility index (Phi) is 5.72. The van der Waals surface area contributed by atoms with Gasteiger partial charge < -0.3 is 4.74 Å². The normalized spacial score (nSPS) is 18.2. The molecule has 1 atom stereocenters. The monoisotopic (exact) mass is 459 g/mol. The van der Waals surface area contributed by atoms with E-state index in [1.165, 1.54) is 6.08 Å². The van der Waals surface area contributed by atoms with Crippen molar-refractivity contribution in [1.82, 2.24) is 0 Å². The van der Waals surface area contributed by atoms with Crippen molar-refractivity contribution in [2.75, 3.05) is 7.11 Å². The number of fused-ring (bicyclic) bond motifs is 1. The van der Waals surface area contributed by atoms with Crippen molar-refractivity contribution < 1.29 is 14.3 Å². The highest BCUT2D eigenvalue weighted by Crippen LogP contribution is 2.37. The number of carbonyl (C=O) groups excluding carboxylic acids is 2. The number of ketones is 1. The summed E-state index contributed by atoms with van der Waals surface area (Å²) >= 11 is 3.50. The Morgan fingerprint density at radius 1 is 1.07 bits per heavy atom. The fourth-order valence-electron chi connectivity index (χ4n) is 3.50. The van der Waals surface area contributed by atoms with Crippen molar-refractivity contribution in [2.45, 2.75) is 0 Å². The molecule has 1 aliphatic heterocycles. The lowest BCUT2D eigenvalue weighted by molar-refractivity contribution is -0.118. The van der Waals surface area contributed by atoms with Gasteiger partial charge in [-0.2, -0.15) is 0 Å². The maximum atomic E-state index is 13.1. The Hall–Kier alpha value is -3.31. The Bertz CT molecular complexity index is 1150. The molecule has 2 aromatic rings. The van der Waals surface area contributed by atoms with Gasteiger partial charge in [0.25, 0.3) is 5.91 Å². The number of dihydropyridines is 1. The molecule has 0 saturated heterocycles. The molecular formula is C25H18BrNO3. The van der Waals surface area contributed by atoms with E-state index in [-0.39, 0.29) is 17.3 Å². The first kappa shape index (κ1) is 20.0. The van der Waals surface area contributed by atoms with Gasteiger partial charge in [0.2, 0.25) is 0 Å². The van der Waals surface area contributed by atoms with E-state index in [0.717, 1.165) is 21.4 Å². The standard InChI is InChI=1S/C25H18BrNO3/c1-30-19-11-7-16(8-12-19)9-14-22(28)24-23(17-5-3-2-4-6-17)20-15-18(26)10-13-21(20)27-25(24)29/h2-15,20H,1H3/b14-9+. The maximum Gasteiger partial charge on any atom is 0.281 e. The Labute approximate surface area is 183 Å². The second kappa shape index (κ2) is 8.59. The van der Waals surface area contributed by atoms with Crippen molar-refractivity contribution in [3.05, 3.63) is 100 Å². The number of benzene rings is 2. The number of amides is 1. The number of allylic oxidation sites excluding steroid dienone is 6. The van der Waals surface area contributed by atoms with Crippen molar-refractivity contribution in [1.29, 1.82) is 0 Å². The summed E-state index contributed by atoms with van der Waals surface area (Å²) in [5.41, 5.74) is 3.08. The molecule has 0 aromatic heterocycles. The zero-order chi connectivity index (χ0) is 21.1. The minimum atomic E-state index is -0.513. The summed E-state index contributed by atoms with van der Waals surface area (Å²) in [6.45, 7) is 0. The lowest BCUT2D eigenvalue weighted by atomic mass is 9.80. The minimum absolute atomic E-state index is 0.103. The summed E-state index contributed by atoms with van der Waals surface area (Å²) in [6.07, 6.45) is 8.74. The number of rotatable bonds is 5. The van der Waals surface area contributed by atoms with Gasteiger partial charge in [0.15, 0.2) is 5.78 Å². The number of ether oxygens (including phenoxy) is 1. The zero-order valence-electron chi connectivity index (χ0n) is 16.2. The van der Waals surface area contributed by atoms with Gasteiger partial charge in [0.05, 0.1) is 18.4 Å². The summed E-state index contributed by atoms with van der Waals surface area (Å²) in [7, 11) is 1.60. The van der Waals surface area contributed by atoms with Crippen LogP contribution in [0.4, 0.5) is 0 Å². The number of methoxy groups -OCH3 is 1. The van der Waals surface area contributed by atoms with E-state index in [0.29, 0.717) is 11.3 Å². The van der Waals surface area contributed by atoms with Gasteiger partial charge >= 0.3 is 0 Å². The molecule has 1 heterocycles. The van der Waals surface area contributed by atoms with E-state index in [2.05, 4.69) is 20.9 Å². The van der Waals surface area contributed by atoms with Gasteiger partial charge in [0.1, 0.15) is 5.75 Å². The van der Waals surface area contributed by atoms with Crippen LogP contribution in [0, 0.1) is 5.92 Å². The van der Waals surface area contributed by atoms with Crippen LogP contribution < -0.4 is 4.74 Å². The third-order valence-corrected chi connectivity index (χ3v) is 5.49. The summed E-state index contributed by atoms with van der Waals surface area (Å²) in [5.74, 6) is -0.408. The SMILES string of the molecule is COc1ccc(/C=C/C(=O)C2=C(c3ccccc3)C3C=C(Br)C=CC3=NC2=O)cc1. The smallest absolute Gasteiger partial charge is 0.281 e. The molecule has 1 amide bonds.